The molecule has 8 nitrogen and oxygen atoms in total. The van der Waals surface area contributed by atoms with Crippen LogP contribution in [-0.2, 0) is 6.54 Å². The van der Waals surface area contributed by atoms with E-state index in [4.69, 9.17) is 14.2 Å². The summed E-state index contributed by atoms with van der Waals surface area (Å²) in [6, 6.07) is 13.6. The van der Waals surface area contributed by atoms with Crippen LogP contribution in [0, 0.1) is 0 Å². The lowest BCUT2D eigenvalue weighted by Crippen LogP contribution is -2.44. The van der Waals surface area contributed by atoms with E-state index in [2.05, 4.69) is 39.8 Å². The van der Waals surface area contributed by atoms with Crippen molar-refractivity contribution in [3.63, 3.8) is 0 Å². The van der Waals surface area contributed by atoms with Crippen LogP contribution in [-0.4, -0.2) is 30.5 Å². The van der Waals surface area contributed by atoms with Gasteiger partial charge in [0.25, 0.3) is 5.91 Å². The van der Waals surface area contributed by atoms with Gasteiger partial charge in [0.1, 0.15) is 5.75 Å². The zero-order valence-electron chi connectivity index (χ0n) is 16.9. The van der Waals surface area contributed by atoms with Crippen molar-refractivity contribution in [2.75, 3.05) is 13.9 Å². The highest BCUT2D eigenvalue weighted by atomic mass is 16.7. The van der Waals surface area contributed by atoms with Crippen molar-refractivity contribution in [2.45, 2.75) is 32.1 Å². The number of fused-ring (bicyclic) bond motifs is 2. The minimum Gasteiger partial charge on any atom is -0.497 e. The molecule has 2 aromatic carbocycles. The second-order valence-electron chi connectivity index (χ2n) is 7.41. The van der Waals surface area contributed by atoms with Crippen LogP contribution in [0.15, 0.2) is 42.5 Å². The first-order valence-electron chi connectivity index (χ1n) is 10.0. The second-order valence-corrected chi connectivity index (χ2v) is 7.41. The second kappa shape index (κ2) is 7.55. The first kappa shape index (κ1) is 18.8. The molecule has 3 N–H and O–H groups in total. The molecule has 0 saturated carbocycles. The Morgan fingerprint density at radius 3 is 2.87 bits per heavy atom. The van der Waals surface area contributed by atoms with E-state index in [0.29, 0.717) is 17.1 Å². The van der Waals surface area contributed by atoms with E-state index in [9.17, 15) is 4.79 Å². The van der Waals surface area contributed by atoms with E-state index in [1.54, 1.807) is 25.3 Å². The molecular formula is C22H24N4O4. The third-order valence-electron chi connectivity index (χ3n) is 5.66. The van der Waals surface area contributed by atoms with Crippen LogP contribution in [0.3, 0.4) is 0 Å². The molecular weight excluding hydrogens is 384 g/mol. The Bertz CT molecular complexity index is 1110. The van der Waals surface area contributed by atoms with Crippen LogP contribution in [0.4, 0.5) is 0 Å². The Morgan fingerprint density at radius 2 is 2.03 bits per heavy atom. The Hall–Kier alpha value is -3.23. The number of hydrazine groups is 1. The molecule has 0 radical (unpaired) electrons. The maximum atomic E-state index is 12.7. The Balaban J connectivity index is 1.31. The summed E-state index contributed by atoms with van der Waals surface area (Å²) in [7, 11) is 1.68. The van der Waals surface area contributed by atoms with Gasteiger partial charge >= 0.3 is 0 Å². The van der Waals surface area contributed by atoms with Crippen molar-refractivity contribution in [3.05, 3.63) is 53.7 Å². The van der Waals surface area contributed by atoms with Gasteiger partial charge in [0.15, 0.2) is 11.5 Å². The van der Waals surface area contributed by atoms with Crippen molar-refractivity contribution in [2.24, 2.45) is 0 Å². The number of rotatable bonds is 5. The standard InChI is InChI=1S/C22H24N4O4/c1-3-26-17-6-5-15(28-2)8-14(17)9-18(26)16-11-21(25-24-16)23-22(27)13-4-7-19-20(10-13)30-12-29-19/h4-10,16,21,24-25H,3,11-12H2,1-2H3,(H,23,27). The van der Waals surface area contributed by atoms with Gasteiger partial charge in [0.2, 0.25) is 6.79 Å². The summed E-state index contributed by atoms with van der Waals surface area (Å²) in [5.74, 6) is 1.94. The van der Waals surface area contributed by atoms with Crippen molar-refractivity contribution >= 4 is 16.8 Å². The molecule has 2 aliphatic heterocycles. The molecule has 2 unspecified atom stereocenters. The topological polar surface area (TPSA) is 85.8 Å². The van der Waals surface area contributed by atoms with Gasteiger partial charge in [-0.3, -0.25) is 4.79 Å². The molecule has 30 heavy (non-hydrogen) atoms. The van der Waals surface area contributed by atoms with Crippen molar-refractivity contribution in [1.29, 1.82) is 0 Å². The number of aryl methyl sites for hydroxylation is 1. The van der Waals surface area contributed by atoms with Crippen LogP contribution in [0.1, 0.15) is 35.4 Å². The highest BCUT2D eigenvalue weighted by Gasteiger charge is 2.29. The first-order valence-corrected chi connectivity index (χ1v) is 10.0. The van der Waals surface area contributed by atoms with Crippen LogP contribution in [0.5, 0.6) is 17.2 Å². The molecule has 0 bridgehead atoms. The van der Waals surface area contributed by atoms with E-state index >= 15 is 0 Å². The summed E-state index contributed by atoms with van der Waals surface area (Å²) < 4.78 is 18.3. The van der Waals surface area contributed by atoms with Gasteiger partial charge in [0.05, 0.1) is 19.3 Å². The molecule has 5 rings (SSSR count). The Labute approximate surface area is 174 Å². The number of carbonyl (C=O) groups excluding carboxylic acids is 1. The predicted octanol–water partition coefficient (Wildman–Crippen LogP) is 2.69. The fourth-order valence-electron chi connectivity index (χ4n) is 4.16. The molecule has 3 aromatic rings. The van der Waals surface area contributed by atoms with Crippen molar-refractivity contribution < 1.29 is 19.0 Å². The zero-order chi connectivity index (χ0) is 20.7. The molecule has 2 atom stereocenters. The summed E-state index contributed by atoms with van der Waals surface area (Å²) in [5, 5.41) is 4.18. The third-order valence-corrected chi connectivity index (χ3v) is 5.66. The Kier molecular flexibility index (Phi) is 4.72. The lowest BCUT2D eigenvalue weighted by atomic mass is 10.1. The SMILES string of the molecule is CCn1c(C2CC(NC(=O)c3ccc4c(c3)OCO4)NN2)cc2cc(OC)ccc21. The highest BCUT2D eigenvalue weighted by Crippen LogP contribution is 2.33. The van der Waals surface area contributed by atoms with E-state index in [1.807, 2.05) is 12.1 Å². The van der Waals surface area contributed by atoms with Crippen LogP contribution >= 0.6 is 0 Å². The third kappa shape index (κ3) is 3.24. The van der Waals surface area contributed by atoms with E-state index in [1.165, 1.54) is 11.2 Å². The fraction of sp³-hybridized carbons (Fsp3) is 0.318. The average molecular weight is 408 g/mol. The zero-order valence-corrected chi connectivity index (χ0v) is 16.9. The van der Waals surface area contributed by atoms with Gasteiger partial charge in [0, 0.05) is 35.1 Å². The number of carbonyl (C=O) groups is 1. The van der Waals surface area contributed by atoms with Gasteiger partial charge in [-0.2, -0.15) is 0 Å². The molecule has 1 aromatic heterocycles. The summed E-state index contributed by atoms with van der Waals surface area (Å²) in [5.41, 5.74) is 9.41. The van der Waals surface area contributed by atoms with Gasteiger partial charge in [-0.15, -0.1) is 0 Å². The lowest BCUT2D eigenvalue weighted by Gasteiger charge is -2.14. The van der Waals surface area contributed by atoms with E-state index in [0.717, 1.165) is 24.1 Å². The maximum absolute atomic E-state index is 12.7. The number of amides is 1. The van der Waals surface area contributed by atoms with Crippen LogP contribution in [0.2, 0.25) is 0 Å². The molecule has 1 saturated heterocycles. The molecule has 8 heteroatoms. The first-order chi connectivity index (χ1) is 14.7. The number of ether oxygens (including phenoxy) is 3. The monoisotopic (exact) mass is 408 g/mol. The van der Waals surface area contributed by atoms with E-state index in [-0.39, 0.29) is 24.9 Å². The van der Waals surface area contributed by atoms with Gasteiger partial charge in [-0.05, 0) is 49.4 Å². The number of methoxy groups -OCH3 is 1. The fourth-order valence-corrected chi connectivity index (χ4v) is 4.16. The van der Waals surface area contributed by atoms with E-state index < -0.39 is 0 Å². The molecule has 1 amide bonds. The summed E-state index contributed by atoms with van der Waals surface area (Å²) in [6.45, 7) is 3.18. The highest BCUT2D eigenvalue weighted by molar-refractivity contribution is 5.95. The number of hydrogen-bond donors (Lipinski definition) is 3. The molecule has 156 valence electrons. The van der Waals surface area contributed by atoms with Crippen LogP contribution < -0.4 is 30.4 Å². The summed E-state index contributed by atoms with van der Waals surface area (Å²) in [6.07, 6.45) is 0.537. The lowest BCUT2D eigenvalue weighted by molar-refractivity contribution is 0.0932. The summed E-state index contributed by atoms with van der Waals surface area (Å²) >= 11 is 0. The molecule has 2 aliphatic rings. The largest absolute Gasteiger partial charge is 0.497 e. The molecule has 1 fully saturated rings. The predicted molar refractivity (Wildman–Crippen MR) is 112 cm³/mol. The van der Waals surface area contributed by atoms with Crippen molar-refractivity contribution in [3.8, 4) is 17.2 Å². The van der Waals surface area contributed by atoms with Gasteiger partial charge in [-0.1, -0.05) is 0 Å². The molecule has 0 aliphatic carbocycles. The number of aromatic nitrogens is 1. The minimum absolute atomic E-state index is 0.0744. The molecule has 0 spiro atoms. The maximum Gasteiger partial charge on any atom is 0.252 e. The minimum atomic E-state index is -0.189. The number of hydrogen-bond acceptors (Lipinski definition) is 6. The Morgan fingerprint density at radius 1 is 1.17 bits per heavy atom. The normalized spacial score (nSPS) is 19.9. The van der Waals surface area contributed by atoms with Gasteiger partial charge < -0.3 is 24.1 Å². The summed E-state index contributed by atoms with van der Waals surface area (Å²) in [4.78, 5) is 12.7. The quantitative estimate of drug-likeness (QED) is 0.602. The molecule has 3 heterocycles. The number of benzene rings is 2. The average Bonchev–Trinajstić information content (AvgIpc) is 3.49. The smallest absolute Gasteiger partial charge is 0.252 e. The van der Waals surface area contributed by atoms with Crippen molar-refractivity contribution in [1.82, 2.24) is 20.7 Å². The van der Waals surface area contributed by atoms with Gasteiger partial charge in [-0.25, -0.2) is 10.9 Å². The number of nitrogens with one attached hydrogen (secondary N) is 3. The number of nitrogens with zero attached hydrogens (tertiary/aromatic N) is 1. The van der Waals surface area contributed by atoms with Crippen LogP contribution in [0.25, 0.3) is 10.9 Å².